The summed E-state index contributed by atoms with van der Waals surface area (Å²) in [5.41, 5.74) is 8.97. The molecule has 0 spiro atoms. The van der Waals surface area contributed by atoms with Gasteiger partial charge in [0.2, 0.25) is 0 Å². The van der Waals surface area contributed by atoms with E-state index in [0.717, 1.165) is 66.4 Å². The summed E-state index contributed by atoms with van der Waals surface area (Å²) in [6, 6.07) is 49.2. The quantitative estimate of drug-likeness (QED) is 0.187. The van der Waals surface area contributed by atoms with E-state index in [9.17, 15) is 0 Å². The number of hydrogen-bond acceptors (Lipinski definition) is 4. The predicted octanol–water partition coefficient (Wildman–Crippen LogP) is 11.2. The Hall–Kier alpha value is -6.52. The number of pyridine rings is 4. The largest absolute Gasteiger partial charge is 0.256 e. The molecule has 4 heterocycles. The van der Waals surface area contributed by atoms with Crippen LogP contribution < -0.4 is 0 Å². The lowest BCUT2D eigenvalue weighted by atomic mass is 9.92. The molecule has 0 fully saturated rings. The second-order valence-electron chi connectivity index (χ2n) is 12.2. The minimum Gasteiger partial charge on any atom is -0.256 e. The van der Waals surface area contributed by atoms with Gasteiger partial charge in [0.25, 0.3) is 0 Å². The Morgan fingerprint density at radius 2 is 1.02 bits per heavy atom. The van der Waals surface area contributed by atoms with Crippen molar-refractivity contribution in [3.05, 3.63) is 158 Å². The zero-order chi connectivity index (χ0) is 31.6. The van der Waals surface area contributed by atoms with Gasteiger partial charge >= 0.3 is 0 Å². The second kappa shape index (κ2) is 10.5. The van der Waals surface area contributed by atoms with Gasteiger partial charge in [0.1, 0.15) is 0 Å². The van der Waals surface area contributed by atoms with Crippen LogP contribution in [-0.4, -0.2) is 19.9 Å². The van der Waals surface area contributed by atoms with Crippen LogP contribution in [-0.2, 0) is 0 Å². The highest BCUT2D eigenvalue weighted by atomic mass is 14.7. The van der Waals surface area contributed by atoms with Crippen molar-refractivity contribution >= 4 is 65.0 Å². The topological polar surface area (TPSA) is 51.6 Å². The first-order valence-electron chi connectivity index (χ1n) is 16.1. The molecule has 4 nitrogen and oxygen atoms in total. The summed E-state index contributed by atoms with van der Waals surface area (Å²) in [5.74, 6) is 0. The average Bonchev–Trinajstić information content (AvgIpc) is 3.17. The number of rotatable bonds is 3. The van der Waals surface area contributed by atoms with Gasteiger partial charge in [0.05, 0.1) is 27.9 Å². The van der Waals surface area contributed by atoms with E-state index in [1.165, 1.54) is 32.3 Å². The van der Waals surface area contributed by atoms with Crippen molar-refractivity contribution in [3.8, 4) is 33.6 Å². The first-order chi connectivity index (χ1) is 23.8. The monoisotopic (exact) mass is 610 g/mol. The van der Waals surface area contributed by atoms with Crippen LogP contribution in [0.5, 0.6) is 0 Å². The summed E-state index contributed by atoms with van der Waals surface area (Å²) < 4.78 is 0. The van der Waals surface area contributed by atoms with Crippen molar-refractivity contribution in [2.75, 3.05) is 0 Å². The lowest BCUT2D eigenvalue weighted by Gasteiger charge is -2.15. The van der Waals surface area contributed by atoms with Crippen LogP contribution in [0.2, 0.25) is 0 Å². The molecular weight excluding hydrogens is 585 g/mol. The van der Waals surface area contributed by atoms with Crippen molar-refractivity contribution in [2.45, 2.75) is 0 Å². The predicted molar refractivity (Wildman–Crippen MR) is 199 cm³/mol. The Morgan fingerprint density at radius 3 is 1.81 bits per heavy atom. The van der Waals surface area contributed by atoms with E-state index >= 15 is 0 Å². The third-order valence-corrected chi connectivity index (χ3v) is 9.55. The molecule has 48 heavy (non-hydrogen) atoms. The Morgan fingerprint density at radius 1 is 0.375 bits per heavy atom. The van der Waals surface area contributed by atoms with Crippen LogP contribution in [0.25, 0.3) is 98.7 Å². The fraction of sp³-hybridized carbons (Fsp3) is 0. The number of hydrogen-bond donors (Lipinski definition) is 0. The van der Waals surface area contributed by atoms with E-state index in [0.29, 0.717) is 0 Å². The van der Waals surface area contributed by atoms with Crippen molar-refractivity contribution in [2.24, 2.45) is 0 Å². The highest BCUT2D eigenvalue weighted by molar-refractivity contribution is 6.31. The highest BCUT2D eigenvalue weighted by Crippen LogP contribution is 2.41. The molecule has 0 saturated carbocycles. The zero-order valence-electron chi connectivity index (χ0n) is 25.8. The first-order valence-corrected chi connectivity index (χ1v) is 16.1. The van der Waals surface area contributed by atoms with Crippen LogP contribution in [0.4, 0.5) is 0 Å². The summed E-state index contributed by atoms with van der Waals surface area (Å²) >= 11 is 0. The Bertz CT molecular complexity index is 2890. The maximum atomic E-state index is 5.47. The van der Waals surface area contributed by atoms with Gasteiger partial charge in [-0.25, -0.2) is 4.98 Å². The SMILES string of the molecule is c1cc(-c2ccc(-c3cc4cccnc4c4ncccc34)nc2)cc(-c2nc3c4ccccc4c4ccccc4c3c3ccccc23)c1. The molecule has 0 aliphatic carbocycles. The lowest BCUT2D eigenvalue weighted by Crippen LogP contribution is -1.93. The van der Waals surface area contributed by atoms with Gasteiger partial charge in [-0.3, -0.25) is 15.0 Å². The van der Waals surface area contributed by atoms with Crippen molar-refractivity contribution in [1.82, 2.24) is 19.9 Å². The third-order valence-electron chi connectivity index (χ3n) is 9.55. The zero-order valence-corrected chi connectivity index (χ0v) is 25.8. The molecule has 4 aromatic heterocycles. The number of fused-ring (bicyclic) bond motifs is 11. The molecule has 10 aromatic rings. The van der Waals surface area contributed by atoms with E-state index in [1.54, 1.807) is 0 Å². The third kappa shape index (κ3) is 4.03. The minimum atomic E-state index is 0.889. The smallest absolute Gasteiger partial charge is 0.0971 e. The lowest BCUT2D eigenvalue weighted by molar-refractivity contribution is 1.32. The molecule has 0 atom stereocenters. The number of nitrogens with zero attached hydrogens (tertiary/aromatic N) is 4. The van der Waals surface area contributed by atoms with E-state index in [2.05, 4.69) is 137 Å². The average molecular weight is 611 g/mol. The van der Waals surface area contributed by atoms with Crippen LogP contribution in [0.15, 0.2) is 158 Å². The second-order valence-corrected chi connectivity index (χ2v) is 12.2. The summed E-state index contributed by atoms with van der Waals surface area (Å²) in [6.07, 6.45) is 5.61. The molecule has 4 heteroatoms. The van der Waals surface area contributed by atoms with Crippen LogP contribution >= 0.6 is 0 Å². The maximum Gasteiger partial charge on any atom is 0.0971 e. The first kappa shape index (κ1) is 26.7. The number of benzene rings is 6. The van der Waals surface area contributed by atoms with Crippen LogP contribution in [0.3, 0.4) is 0 Å². The molecule has 222 valence electrons. The van der Waals surface area contributed by atoms with E-state index < -0.39 is 0 Å². The van der Waals surface area contributed by atoms with Gasteiger partial charge in [-0.05, 0) is 57.4 Å². The Kier molecular flexibility index (Phi) is 5.84. The van der Waals surface area contributed by atoms with Gasteiger partial charge in [-0.2, -0.15) is 0 Å². The van der Waals surface area contributed by atoms with Crippen molar-refractivity contribution < 1.29 is 0 Å². The van der Waals surface area contributed by atoms with Gasteiger partial charge < -0.3 is 0 Å². The molecular formula is C44H26N4. The fourth-order valence-electron chi connectivity index (χ4n) is 7.37. The number of aromatic nitrogens is 4. The van der Waals surface area contributed by atoms with Crippen LogP contribution in [0, 0.1) is 0 Å². The molecule has 6 aromatic carbocycles. The normalized spacial score (nSPS) is 11.8. The summed E-state index contributed by atoms with van der Waals surface area (Å²) in [5, 5.41) is 10.5. The van der Waals surface area contributed by atoms with Gasteiger partial charge in [0, 0.05) is 62.2 Å². The van der Waals surface area contributed by atoms with Crippen LogP contribution in [0.1, 0.15) is 0 Å². The van der Waals surface area contributed by atoms with Gasteiger partial charge in [0.15, 0.2) is 0 Å². The van der Waals surface area contributed by atoms with Gasteiger partial charge in [-0.15, -0.1) is 0 Å². The summed E-state index contributed by atoms with van der Waals surface area (Å²) in [6.45, 7) is 0. The molecule has 0 aliphatic heterocycles. The highest BCUT2D eigenvalue weighted by Gasteiger charge is 2.17. The minimum absolute atomic E-state index is 0.889. The molecule has 0 saturated heterocycles. The molecule has 0 unspecified atom stereocenters. The van der Waals surface area contributed by atoms with E-state index in [4.69, 9.17) is 9.97 Å². The molecule has 0 amide bonds. The van der Waals surface area contributed by atoms with E-state index in [1.807, 2.05) is 30.7 Å². The molecule has 0 bridgehead atoms. The Balaban J connectivity index is 1.13. The molecule has 10 rings (SSSR count). The van der Waals surface area contributed by atoms with Crippen molar-refractivity contribution in [3.63, 3.8) is 0 Å². The van der Waals surface area contributed by atoms with E-state index in [-0.39, 0.29) is 0 Å². The molecule has 0 N–H and O–H groups in total. The summed E-state index contributed by atoms with van der Waals surface area (Å²) in [4.78, 5) is 19.7. The Labute approximate surface area is 276 Å². The van der Waals surface area contributed by atoms with Gasteiger partial charge in [-0.1, -0.05) is 109 Å². The van der Waals surface area contributed by atoms with Crippen molar-refractivity contribution in [1.29, 1.82) is 0 Å². The molecule has 0 aliphatic rings. The molecule has 0 radical (unpaired) electrons. The standard InChI is InChI=1S/C44H26N4/c1-3-15-33-31(13-1)32-14-2-5-17-35(32)43-40(33)34-16-4-6-18-36(34)41(48-43)28-11-7-10-27(24-28)30-20-21-39(47-26-30)38-25-29-12-8-22-45-42(29)44-37(38)19-9-23-46-44/h1-26H. The summed E-state index contributed by atoms with van der Waals surface area (Å²) in [7, 11) is 0. The maximum absolute atomic E-state index is 5.47. The fourth-order valence-corrected chi connectivity index (χ4v) is 7.37.